The van der Waals surface area contributed by atoms with E-state index in [1.165, 1.54) is 37.4 Å². The van der Waals surface area contributed by atoms with Crippen LogP contribution in [0.25, 0.3) is 11.1 Å². The Hall–Kier alpha value is -2.94. The zero-order valence-corrected chi connectivity index (χ0v) is 19.2. The molecule has 3 aromatic carbocycles. The minimum atomic E-state index is -4.05. The molecule has 0 aromatic heterocycles. The lowest BCUT2D eigenvalue weighted by Crippen LogP contribution is -2.41. The molecule has 1 fully saturated rings. The third kappa shape index (κ3) is 4.88. The molecule has 0 N–H and O–H groups in total. The maximum Gasteiger partial charge on any atom is 0.324 e. The summed E-state index contributed by atoms with van der Waals surface area (Å²) < 4.78 is 52.4. The van der Waals surface area contributed by atoms with Gasteiger partial charge in [0.15, 0.2) is 11.6 Å². The number of hydrogen-bond acceptors (Lipinski definition) is 5. The Labute approximate surface area is 196 Å². The van der Waals surface area contributed by atoms with Gasteiger partial charge in [-0.25, -0.2) is 12.8 Å². The van der Waals surface area contributed by atoms with E-state index in [2.05, 4.69) is 0 Å². The number of rotatable bonds is 6. The zero-order chi connectivity index (χ0) is 23.6. The van der Waals surface area contributed by atoms with Gasteiger partial charge >= 0.3 is 5.97 Å². The van der Waals surface area contributed by atoms with Gasteiger partial charge in [-0.3, -0.25) is 4.79 Å². The predicted octanol–water partition coefficient (Wildman–Crippen LogP) is 4.53. The van der Waals surface area contributed by atoms with Gasteiger partial charge in [0.25, 0.3) is 0 Å². The summed E-state index contributed by atoms with van der Waals surface area (Å²) in [6.07, 6.45) is -0.674. The van der Waals surface area contributed by atoms with Gasteiger partial charge in [0.1, 0.15) is 12.1 Å². The Morgan fingerprint density at radius 2 is 1.76 bits per heavy atom. The van der Waals surface area contributed by atoms with Crippen LogP contribution in [0.3, 0.4) is 0 Å². The summed E-state index contributed by atoms with van der Waals surface area (Å²) in [5.41, 5.74) is 1.64. The number of esters is 1. The average molecular weight is 490 g/mol. The fraction of sp³-hybridized carbons (Fsp3) is 0.208. The number of carbonyl (C=O) groups excluding carboxylic acids is 1. The van der Waals surface area contributed by atoms with Gasteiger partial charge in [-0.05, 0) is 47.5 Å². The minimum absolute atomic E-state index is 0.00348. The van der Waals surface area contributed by atoms with E-state index in [1.807, 2.05) is 12.1 Å². The van der Waals surface area contributed by atoms with Crippen molar-refractivity contribution in [1.82, 2.24) is 4.31 Å². The molecule has 0 bridgehead atoms. The second kappa shape index (κ2) is 9.51. The van der Waals surface area contributed by atoms with E-state index in [0.29, 0.717) is 5.02 Å². The number of methoxy groups -OCH3 is 1. The quantitative estimate of drug-likeness (QED) is 0.476. The number of sulfonamides is 1. The second-order valence-electron chi connectivity index (χ2n) is 7.55. The highest BCUT2D eigenvalue weighted by Gasteiger charge is 2.45. The third-order valence-corrected chi connectivity index (χ3v) is 7.56. The summed E-state index contributed by atoms with van der Waals surface area (Å²) in [5.74, 6) is -1.27. The molecule has 4 rings (SSSR count). The fourth-order valence-electron chi connectivity index (χ4n) is 3.81. The van der Waals surface area contributed by atoms with Crippen LogP contribution in [0.1, 0.15) is 6.42 Å². The van der Waals surface area contributed by atoms with E-state index >= 15 is 0 Å². The van der Waals surface area contributed by atoms with E-state index in [-0.39, 0.29) is 23.6 Å². The Morgan fingerprint density at radius 1 is 1.03 bits per heavy atom. The molecule has 33 heavy (non-hydrogen) atoms. The summed E-state index contributed by atoms with van der Waals surface area (Å²) in [5, 5.41) is 0.572. The van der Waals surface area contributed by atoms with E-state index in [4.69, 9.17) is 21.1 Å². The topological polar surface area (TPSA) is 72.9 Å². The van der Waals surface area contributed by atoms with Crippen LogP contribution in [0.2, 0.25) is 5.02 Å². The fourth-order valence-corrected chi connectivity index (χ4v) is 5.62. The van der Waals surface area contributed by atoms with Crippen LogP contribution in [0, 0.1) is 5.82 Å². The van der Waals surface area contributed by atoms with Crippen molar-refractivity contribution < 1.29 is 27.1 Å². The van der Waals surface area contributed by atoms with Gasteiger partial charge in [0.2, 0.25) is 10.0 Å². The number of hydrogen-bond donors (Lipinski definition) is 0. The molecule has 1 aliphatic rings. The lowest BCUT2D eigenvalue weighted by molar-refractivity contribution is -0.144. The van der Waals surface area contributed by atoms with Crippen LogP contribution in [0.15, 0.2) is 77.7 Å². The van der Waals surface area contributed by atoms with E-state index < -0.39 is 34.0 Å². The Balaban J connectivity index is 1.60. The summed E-state index contributed by atoms with van der Waals surface area (Å²) in [6.45, 7) is -0.119. The molecule has 1 saturated heterocycles. The van der Waals surface area contributed by atoms with Gasteiger partial charge in [0.05, 0.1) is 18.6 Å². The molecule has 172 valence electrons. The number of carbonyl (C=O) groups is 1. The largest absolute Gasteiger partial charge is 0.486 e. The van der Waals surface area contributed by atoms with Gasteiger partial charge in [-0.2, -0.15) is 4.31 Å². The van der Waals surface area contributed by atoms with Crippen LogP contribution in [0.4, 0.5) is 4.39 Å². The molecule has 6 nitrogen and oxygen atoms in total. The van der Waals surface area contributed by atoms with Crippen molar-refractivity contribution in [3.05, 3.63) is 83.6 Å². The van der Waals surface area contributed by atoms with Crippen molar-refractivity contribution in [2.75, 3.05) is 13.7 Å². The highest BCUT2D eigenvalue weighted by atomic mass is 35.5. The lowest BCUT2D eigenvalue weighted by Gasteiger charge is -2.22. The lowest BCUT2D eigenvalue weighted by atomic mass is 10.1. The van der Waals surface area contributed by atoms with Crippen LogP contribution < -0.4 is 4.74 Å². The van der Waals surface area contributed by atoms with Gasteiger partial charge in [0, 0.05) is 11.4 Å². The number of halogens is 2. The van der Waals surface area contributed by atoms with Gasteiger partial charge < -0.3 is 9.47 Å². The second-order valence-corrected chi connectivity index (χ2v) is 9.88. The van der Waals surface area contributed by atoms with Crippen molar-refractivity contribution >= 4 is 27.6 Å². The summed E-state index contributed by atoms with van der Waals surface area (Å²) in [4.78, 5) is 12.4. The first-order valence-electron chi connectivity index (χ1n) is 10.2. The SMILES string of the molecule is COC(=O)C1CC(Oc2ccccc2F)CN1S(=O)(=O)c1ccc(-c2cccc(Cl)c2)cc1. The van der Waals surface area contributed by atoms with Crippen molar-refractivity contribution in [3.63, 3.8) is 0 Å². The predicted molar refractivity (Wildman–Crippen MR) is 122 cm³/mol. The molecular formula is C24H21ClFNO5S. The Kier molecular flexibility index (Phi) is 6.69. The molecule has 1 aliphatic heterocycles. The zero-order valence-electron chi connectivity index (χ0n) is 17.6. The molecule has 2 atom stereocenters. The van der Waals surface area contributed by atoms with Crippen molar-refractivity contribution in [3.8, 4) is 16.9 Å². The van der Waals surface area contributed by atoms with Crippen LogP contribution in [0.5, 0.6) is 5.75 Å². The smallest absolute Gasteiger partial charge is 0.324 e. The third-order valence-electron chi connectivity index (χ3n) is 5.44. The molecule has 0 amide bonds. The number of nitrogens with zero attached hydrogens (tertiary/aromatic N) is 1. The maximum absolute atomic E-state index is 14.0. The number of para-hydroxylation sites is 1. The maximum atomic E-state index is 14.0. The molecule has 2 unspecified atom stereocenters. The molecule has 0 aliphatic carbocycles. The van der Waals surface area contributed by atoms with Crippen molar-refractivity contribution in [2.45, 2.75) is 23.5 Å². The first kappa shape index (κ1) is 23.2. The first-order chi connectivity index (χ1) is 15.8. The highest BCUT2D eigenvalue weighted by Crippen LogP contribution is 2.31. The van der Waals surface area contributed by atoms with Crippen LogP contribution >= 0.6 is 11.6 Å². The minimum Gasteiger partial charge on any atom is -0.486 e. The number of ether oxygens (including phenoxy) is 2. The van der Waals surface area contributed by atoms with Gasteiger partial charge in [-0.15, -0.1) is 0 Å². The number of benzene rings is 3. The Morgan fingerprint density at radius 3 is 2.42 bits per heavy atom. The normalized spacial score (nSPS) is 18.8. The molecule has 3 aromatic rings. The first-order valence-corrected chi connectivity index (χ1v) is 12.0. The summed E-state index contributed by atoms with van der Waals surface area (Å²) in [6, 6.07) is 18.3. The van der Waals surface area contributed by atoms with Gasteiger partial charge in [-0.1, -0.05) is 48.0 Å². The molecule has 1 heterocycles. The molecule has 0 saturated carbocycles. The Bertz CT molecular complexity index is 1270. The molecule has 0 radical (unpaired) electrons. The van der Waals surface area contributed by atoms with Crippen LogP contribution in [-0.4, -0.2) is 44.5 Å². The molecule has 9 heteroatoms. The standard InChI is InChI=1S/C24H21ClFNO5S/c1-31-24(28)22-14-19(32-23-8-3-2-7-21(23)26)15-27(22)33(29,30)20-11-9-16(10-12-20)17-5-4-6-18(25)13-17/h2-13,19,22H,14-15H2,1H3. The van der Waals surface area contributed by atoms with E-state index in [0.717, 1.165) is 15.4 Å². The molecular weight excluding hydrogens is 469 g/mol. The van der Waals surface area contributed by atoms with E-state index in [1.54, 1.807) is 30.3 Å². The van der Waals surface area contributed by atoms with Crippen molar-refractivity contribution in [1.29, 1.82) is 0 Å². The van der Waals surface area contributed by atoms with Crippen LogP contribution in [-0.2, 0) is 19.6 Å². The summed E-state index contributed by atoms with van der Waals surface area (Å²) >= 11 is 6.04. The summed E-state index contributed by atoms with van der Waals surface area (Å²) in [7, 11) is -2.86. The highest BCUT2D eigenvalue weighted by molar-refractivity contribution is 7.89. The molecule has 0 spiro atoms. The van der Waals surface area contributed by atoms with E-state index in [9.17, 15) is 17.6 Å². The average Bonchev–Trinajstić information content (AvgIpc) is 3.25. The van der Waals surface area contributed by atoms with Crippen molar-refractivity contribution in [2.24, 2.45) is 0 Å². The monoisotopic (exact) mass is 489 g/mol.